The average Bonchev–Trinajstić information content (AvgIpc) is 2.29. The predicted molar refractivity (Wildman–Crippen MR) is 72.1 cm³/mol. The van der Waals surface area contributed by atoms with Crippen molar-refractivity contribution in [3.05, 3.63) is 0 Å². The van der Waals surface area contributed by atoms with Crippen molar-refractivity contribution in [3.8, 4) is 0 Å². The van der Waals surface area contributed by atoms with E-state index in [9.17, 15) is 5.11 Å². The first-order valence-corrected chi connectivity index (χ1v) is 7.64. The van der Waals surface area contributed by atoms with Gasteiger partial charge in [0.1, 0.15) is 0 Å². The average molecular weight is 239 g/mol. The molecule has 0 radical (unpaired) electrons. The molecule has 2 heteroatoms. The maximum atomic E-state index is 10.4. The molecule has 1 saturated heterocycles. The number of aliphatic hydroxyl groups excluding tert-OH is 1. The zero-order chi connectivity index (χ0) is 12.3. The summed E-state index contributed by atoms with van der Waals surface area (Å²) in [5, 5.41) is 10.4. The SMILES string of the molecule is CC1CCCN(C2CCCCCCC2O)C1C. The van der Waals surface area contributed by atoms with E-state index in [1.165, 1.54) is 51.5 Å². The van der Waals surface area contributed by atoms with Crippen LogP contribution in [0.4, 0.5) is 0 Å². The molecule has 17 heavy (non-hydrogen) atoms. The second-order valence-corrected chi connectivity index (χ2v) is 6.22. The first kappa shape index (κ1) is 13.4. The Morgan fingerprint density at radius 1 is 0.882 bits per heavy atom. The number of likely N-dealkylation sites (tertiary alicyclic amines) is 1. The molecule has 0 aromatic rings. The largest absolute Gasteiger partial charge is 0.391 e. The summed E-state index contributed by atoms with van der Waals surface area (Å²) in [7, 11) is 0. The van der Waals surface area contributed by atoms with Crippen LogP contribution in [0, 0.1) is 5.92 Å². The summed E-state index contributed by atoms with van der Waals surface area (Å²) in [6.45, 7) is 5.93. The lowest BCUT2D eigenvalue weighted by molar-refractivity contribution is -0.0160. The van der Waals surface area contributed by atoms with Gasteiger partial charge in [0.15, 0.2) is 0 Å². The first-order valence-electron chi connectivity index (χ1n) is 7.64. The summed E-state index contributed by atoms with van der Waals surface area (Å²) < 4.78 is 0. The molecule has 2 nitrogen and oxygen atoms in total. The number of hydrogen-bond donors (Lipinski definition) is 1. The van der Waals surface area contributed by atoms with E-state index in [4.69, 9.17) is 0 Å². The van der Waals surface area contributed by atoms with Gasteiger partial charge < -0.3 is 5.11 Å². The number of nitrogens with zero attached hydrogens (tertiary/aromatic N) is 1. The topological polar surface area (TPSA) is 23.5 Å². The third-order valence-corrected chi connectivity index (χ3v) is 5.04. The third kappa shape index (κ3) is 3.23. The van der Waals surface area contributed by atoms with Crippen molar-refractivity contribution in [2.24, 2.45) is 5.92 Å². The second-order valence-electron chi connectivity index (χ2n) is 6.22. The lowest BCUT2D eigenvalue weighted by Gasteiger charge is -2.45. The van der Waals surface area contributed by atoms with Crippen LogP contribution in [0.2, 0.25) is 0 Å². The fourth-order valence-electron chi connectivity index (χ4n) is 3.67. The Balaban J connectivity index is 2.01. The van der Waals surface area contributed by atoms with Gasteiger partial charge in [-0.1, -0.05) is 32.6 Å². The highest BCUT2D eigenvalue weighted by Crippen LogP contribution is 2.30. The monoisotopic (exact) mass is 239 g/mol. The van der Waals surface area contributed by atoms with Crippen LogP contribution in [0.3, 0.4) is 0 Å². The highest BCUT2D eigenvalue weighted by molar-refractivity contribution is 4.88. The van der Waals surface area contributed by atoms with Gasteiger partial charge in [-0.3, -0.25) is 4.90 Å². The Bertz CT molecular complexity index is 231. The Labute approximate surface area is 106 Å². The standard InChI is InChI=1S/C15H29NO/c1-12-8-7-11-16(13(12)2)14-9-5-3-4-6-10-15(14)17/h12-15,17H,3-11H2,1-2H3. The number of hydrogen-bond acceptors (Lipinski definition) is 2. The number of rotatable bonds is 1. The molecule has 0 aromatic carbocycles. The normalized spacial score (nSPS) is 41.8. The van der Waals surface area contributed by atoms with Gasteiger partial charge in [-0.05, 0) is 45.1 Å². The molecule has 2 fully saturated rings. The number of aliphatic hydroxyl groups is 1. The van der Waals surface area contributed by atoms with Gasteiger partial charge in [0, 0.05) is 12.1 Å². The van der Waals surface area contributed by atoms with E-state index in [1.807, 2.05) is 0 Å². The van der Waals surface area contributed by atoms with Gasteiger partial charge in [0.05, 0.1) is 6.10 Å². The lowest BCUT2D eigenvalue weighted by atomic mass is 9.86. The minimum Gasteiger partial charge on any atom is -0.391 e. The molecule has 1 N–H and O–H groups in total. The maximum absolute atomic E-state index is 10.4. The van der Waals surface area contributed by atoms with E-state index in [0.29, 0.717) is 12.1 Å². The van der Waals surface area contributed by atoms with Crippen LogP contribution in [0.25, 0.3) is 0 Å². The van der Waals surface area contributed by atoms with Gasteiger partial charge in [-0.15, -0.1) is 0 Å². The van der Waals surface area contributed by atoms with Gasteiger partial charge in [-0.25, -0.2) is 0 Å². The van der Waals surface area contributed by atoms with Crippen LogP contribution >= 0.6 is 0 Å². The van der Waals surface area contributed by atoms with E-state index in [2.05, 4.69) is 18.7 Å². The van der Waals surface area contributed by atoms with Gasteiger partial charge in [0.2, 0.25) is 0 Å². The molecule has 4 atom stereocenters. The smallest absolute Gasteiger partial charge is 0.0695 e. The summed E-state index contributed by atoms with van der Waals surface area (Å²) >= 11 is 0. The van der Waals surface area contributed by atoms with Crippen LogP contribution in [0.5, 0.6) is 0 Å². The van der Waals surface area contributed by atoms with E-state index in [-0.39, 0.29) is 6.10 Å². The molecule has 100 valence electrons. The second kappa shape index (κ2) is 6.19. The minimum atomic E-state index is -0.0805. The van der Waals surface area contributed by atoms with Crippen LogP contribution in [0.15, 0.2) is 0 Å². The fraction of sp³-hybridized carbons (Fsp3) is 1.00. The van der Waals surface area contributed by atoms with Crippen LogP contribution in [0.1, 0.15) is 65.2 Å². The molecule has 2 aliphatic rings. The Kier molecular flexibility index (Phi) is 4.87. The van der Waals surface area contributed by atoms with Gasteiger partial charge in [-0.2, -0.15) is 0 Å². The molecule has 1 saturated carbocycles. The summed E-state index contributed by atoms with van der Waals surface area (Å²) in [5.41, 5.74) is 0. The molecule has 0 spiro atoms. The predicted octanol–water partition coefficient (Wildman–Crippen LogP) is 3.19. The molecule has 1 aliphatic heterocycles. The fourth-order valence-corrected chi connectivity index (χ4v) is 3.67. The van der Waals surface area contributed by atoms with Crippen molar-refractivity contribution in [3.63, 3.8) is 0 Å². The Morgan fingerprint density at radius 3 is 2.35 bits per heavy atom. The number of piperidine rings is 1. The van der Waals surface area contributed by atoms with Crippen LogP contribution < -0.4 is 0 Å². The summed E-state index contributed by atoms with van der Waals surface area (Å²) in [4.78, 5) is 2.62. The highest BCUT2D eigenvalue weighted by atomic mass is 16.3. The van der Waals surface area contributed by atoms with Crippen LogP contribution in [-0.2, 0) is 0 Å². The zero-order valence-corrected chi connectivity index (χ0v) is 11.6. The molecule has 0 aromatic heterocycles. The molecule has 1 heterocycles. The maximum Gasteiger partial charge on any atom is 0.0695 e. The van der Waals surface area contributed by atoms with Crippen molar-refractivity contribution in [1.29, 1.82) is 0 Å². The quantitative estimate of drug-likeness (QED) is 0.759. The van der Waals surface area contributed by atoms with E-state index in [1.54, 1.807) is 0 Å². The van der Waals surface area contributed by atoms with Gasteiger partial charge in [0.25, 0.3) is 0 Å². The molecule has 4 unspecified atom stereocenters. The van der Waals surface area contributed by atoms with Crippen LogP contribution in [-0.4, -0.2) is 34.7 Å². The first-order chi connectivity index (χ1) is 8.20. The highest BCUT2D eigenvalue weighted by Gasteiger charge is 2.33. The summed E-state index contributed by atoms with van der Waals surface area (Å²) in [6, 6.07) is 1.09. The van der Waals surface area contributed by atoms with Crippen molar-refractivity contribution in [1.82, 2.24) is 4.90 Å². The molecule has 1 aliphatic carbocycles. The third-order valence-electron chi connectivity index (χ3n) is 5.04. The van der Waals surface area contributed by atoms with Crippen molar-refractivity contribution < 1.29 is 5.11 Å². The van der Waals surface area contributed by atoms with Gasteiger partial charge >= 0.3 is 0 Å². The Hall–Kier alpha value is -0.0800. The molecule has 0 amide bonds. The van der Waals surface area contributed by atoms with Crippen molar-refractivity contribution in [2.45, 2.75) is 83.4 Å². The van der Waals surface area contributed by atoms with Crippen molar-refractivity contribution in [2.75, 3.05) is 6.54 Å². The van der Waals surface area contributed by atoms with E-state index in [0.717, 1.165) is 12.3 Å². The molecular formula is C15H29NO. The van der Waals surface area contributed by atoms with E-state index >= 15 is 0 Å². The minimum absolute atomic E-state index is 0.0805. The Morgan fingerprint density at radius 2 is 1.59 bits per heavy atom. The summed E-state index contributed by atoms with van der Waals surface area (Å²) in [6.07, 6.45) is 10.0. The van der Waals surface area contributed by atoms with Crippen molar-refractivity contribution >= 4 is 0 Å². The molecule has 0 bridgehead atoms. The zero-order valence-electron chi connectivity index (χ0n) is 11.6. The molecular weight excluding hydrogens is 210 g/mol. The summed E-state index contributed by atoms with van der Waals surface area (Å²) in [5.74, 6) is 0.793. The lowest BCUT2D eigenvalue weighted by Crippen LogP contribution is -2.53. The van der Waals surface area contributed by atoms with E-state index < -0.39 is 0 Å². The molecule has 2 rings (SSSR count).